The maximum Gasteiger partial charge on any atom is 0.134 e. The lowest BCUT2D eigenvalue weighted by molar-refractivity contribution is 0.000386. The molecule has 2 nitrogen and oxygen atoms in total. The van der Waals surface area contributed by atoms with Gasteiger partial charge in [0.05, 0.1) is 0 Å². The van der Waals surface area contributed by atoms with Crippen molar-refractivity contribution in [2.75, 3.05) is 0 Å². The average Bonchev–Trinajstić information content (AvgIpc) is 2.66. The summed E-state index contributed by atoms with van der Waals surface area (Å²) in [6.07, 6.45) is 1.02. The zero-order valence-electron chi connectivity index (χ0n) is 13.3. The van der Waals surface area contributed by atoms with Gasteiger partial charge in [-0.25, -0.2) is 0 Å². The van der Waals surface area contributed by atoms with Crippen molar-refractivity contribution in [1.82, 2.24) is 0 Å². The van der Waals surface area contributed by atoms with E-state index in [9.17, 15) is 0 Å². The molecule has 2 heteroatoms. The van der Waals surface area contributed by atoms with Gasteiger partial charge in [0.25, 0.3) is 0 Å². The fourth-order valence-corrected chi connectivity index (χ4v) is 3.94. The summed E-state index contributed by atoms with van der Waals surface area (Å²) in [4.78, 5) is 0. The standard InChI is InChI=1S/C22H18O2/c1-2-8-15(9-3-1)21-18-14-16-10-4-6-12-19(16)23-22(18)17-11-5-7-13-20(17)24-21/h1-13,18,21-22H,14H2/t18-,21+,22+/m1/s1. The summed E-state index contributed by atoms with van der Waals surface area (Å²) >= 11 is 0. The molecule has 2 heterocycles. The Morgan fingerprint density at radius 2 is 1.29 bits per heavy atom. The number of benzene rings is 3. The molecule has 118 valence electrons. The van der Waals surface area contributed by atoms with E-state index in [1.165, 1.54) is 11.1 Å². The predicted octanol–water partition coefficient (Wildman–Crippen LogP) is 5.11. The Balaban J connectivity index is 1.65. The van der Waals surface area contributed by atoms with Crippen LogP contribution in [0.4, 0.5) is 0 Å². The van der Waals surface area contributed by atoms with E-state index in [-0.39, 0.29) is 18.1 Å². The second-order valence-corrected chi connectivity index (χ2v) is 6.50. The lowest BCUT2D eigenvalue weighted by atomic mass is 9.79. The first-order valence-corrected chi connectivity index (χ1v) is 8.45. The summed E-state index contributed by atoms with van der Waals surface area (Å²) in [6, 6.07) is 27.1. The second-order valence-electron chi connectivity index (χ2n) is 6.50. The average molecular weight is 314 g/mol. The number of hydrogen-bond acceptors (Lipinski definition) is 2. The highest BCUT2D eigenvalue weighted by Gasteiger charge is 2.43. The van der Waals surface area contributed by atoms with Crippen LogP contribution in [0.2, 0.25) is 0 Å². The number of fused-ring (bicyclic) bond motifs is 4. The minimum absolute atomic E-state index is 0.0134. The Hall–Kier alpha value is -2.74. The van der Waals surface area contributed by atoms with Crippen molar-refractivity contribution < 1.29 is 9.47 Å². The predicted molar refractivity (Wildman–Crippen MR) is 93.3 cm³/mol. The Labute approximate surface area is 141 Å². The molecule has 2 aliphatic heterocycles. The summed E-state index contributed by atoms with van der Waals surface area (Å²) in [6.45, 7) is 0. The van der Waals surface area contributed by atoms with E-state index in [1.807, 2.05) is 24.3 Å². The molecule has 5 rings (SSSR count). The third kappa shape index (κ3) is 2.10. The maximum absolute atomic E-state index is 6.43. The Kier molecular flexibility index (Phi) is 3.08. The van der Waals surface area contributed by atoms with Gasteiger partial charge in [-0.3, -0.25) is 0 Å². The third-order valence-corrected chi connectivity index (χ3v) is 5.07. The van der Waals surface area contributed by atoms with Gasteiger partial charge in [0.1, 0.15) is 23.7 Å². The first-order chi connectivity index (χ1) is 11.9. The van der Waals surface area contributed by atoms with Crippen molar-refractivity contribution in [1.29, 1.82) is 0 Å². The fraction of sp³-hybridized carbons (Fsp3) is 0.182. The highest BCUT2D eigenvalue weighted by atomic mass is 16.5. The van der Waals surface area contributed by atoms with E-state index >= 15 is 0 Å². The van der Waals surface area contributed by atoms with Crippen molar-refractivity contribution in [2.24, 2.45) is 5.92 Å². The summed E-state index contributed by atoms with van der Waals surface area (Å²) in [5.74, 6) is 2.21. The van der Waals surface area contributed by atoms with Gasteiger partial charge in [-0.15, -0.1) is 0 Å². The molecule has 24 heavy (non-hydrogen) atoms. The Morgan fingerprint density at radius 3 is 2.17 bits per heavy atom. The first kappa shape index (κ1) is 13.7. The van der Waals surface area contributed by atoms with E-state index in [0.717, 1.165) is 23.5 Å². The molecule has 3 atom stereocenters. The van der Waals surface area contributed by atoms with Crippen LogP contribution in [0.1, 0.15) is 28.9 Å². The van der Waals surface area contributed by atoms with Crippen LogP contribution in [-0.4, -0.2) is 0 Å². The molecule has 3 aromatic rings. The molecule has 0 amide bonds. The van der Waals surface area contributed by atoms with E-state index in [4.69, 9.17) is 9.47 Å². The van der Waals surface area contributed by atoms with Crippen LogP contribution in [0.15, 0.2) is 78.9 Å². The summed E-state index contributed by atoms with van der Waals surface area (Å²) < 4.78 is 12.9. The fourth-order valence-electron chi connectivity index (χ4n) is 3.94. The van der Waals surface area contributed by atoms with Gasteiger partial charge in [0.15, 0.2) is 0 Å². The van der Waals surface area contributed by atoms with Crippen LogP contribution < -0.4 is 9.47 Å². The summed E-state index contributed by atoms with van der Waals surface area (Å²) in [5, 5.41) is 0. The molecule has 0 saturated carbocycles. The molecule has 0 radical (unpaired) electrons. The highest BCUT2D eigenvalue weighted by molar-refractivity contribution is 5.44. The molecule has 0 aliphatic carbocycles. The minimum Gasteiger partial charge on any atom is -0.485 e. The quantitative estimate of drug-likeness (QED) is 0.621. The normalized spacial score (nSPS) is 23.9. The lowest BCUT2D eigenvalue weighted by Gasteiger charge is -2.42. The van der Waals surface area contributed by atoms with Crippen LogP contribution >= 0.6 is 0 Å². The SMILES string of the molecule is c1ccc([C@@H]2Oc3ccccc3[C@@H]3Oc4ccccc4C[C@H]23)cc1. The molecule has 3 aromatic carbocycles. The molecule has 0 aromatic heterocycles. The van der Waals surface area contributed by atoms with Gasteiger partial charge in [0, 0.05) is 11.5 Å². The number of rotatable bonds is 1. The number of ether oxygens (including phenoxy) is 2. The van der Waals surface area contributed by atoms with Crippen LogP contribution in [-0.2, 0) is 6.42 Å². The van der Waals surface area contributed by atoms with Crippen molar-refractivity contribution >= 4 is 0 Å². The van der Waals surface area contributed by atoms with E-state index in [2.05, 4.69) is 54.6 Å². The molecule has 2 aliphatic rings. The van der Waals surface area contributed by atoms with Crippen molar-refractivity contribution in [3.05, 3.63) is 95.6 Å². The third-order valence-electron chi connectivity index (χ3n) is 5.07. The minimum atomic E-state index is 0.0134. The number of hydrogen-bond donors (Lipinski definition) is 0. The number of para-hydroxylation sites is 2. The largest absolute Gasteiger partial charge is 0.485 e. The zero-order chi connectivity index (χ0) is 15.9. The zero-order valence-corrected chi connectivity index (χ0v) is 13.3. The lowest BCUT2D eigenvalue weighted by Crippen LogP contribution is -2.36. The Bertz CT molecular complexity index is 872. The van der Waals surface area contributed by atoms with E-state index < -0.39 is 0 Å². The van der Waals surface area contributed by atoms with Crippen LogP contribution in [0.25, 0.3) is 0 Å². The molecular formula is C22H18O2. The van der Waals surface area contributed by atoms with Gasteiger partial charge in [0.2, 0.25) is 0 Å². The molecule has 0 bridgehead atoms. The smallest absolute Gasteiger partial charge is 0.134 e. The highest BCUT2D eigenvalue weighted by Crippen LogP contribution is 2.51. The van der Waals surface area contributed by atoms with Crippen LogP contribution in [0.5, 0.6) is 11.5 Å². The second kappa shape index (κ2) is 5.41. The summed E-state index contributed by atoms with van der Waals surface area (Å²) in [7, 11) is 0. The van der Waals surface area contributed by atoms with Crippen LogP contribution in [0, 0.1) is 5.92 Å². The summed E-state index contributed by atoms with van der Waals surface area (Å²) in [5.41, 5.74) is 3.64. The van der Waals surface area contributed by atoms with E-state index in [1.54, 1.807) is 0 Å². The van der Waals surface area contributed by atoms with Crippen molar-refractivity contribution in [2.45, 2.75) is 18.6 Å². The maximum atomic E-state index is 6.43. The molecule has 0 saturated heterocycles. The van der Waals surface area contributed by atoms with Crippen LogP contribution in [0.3, 0.4) is 0 Å². The van der Waals surface area contributed by atoms with Gasteiger partial charge in [-0.1, -0.05) is 66.7 Å². The molecule has 0 spiro atoms. The monoisotopic (exact) mass is 314 g/mol. The first-order valence-electron chi connectivity index (χ1n) is 8.45. The molecular weight excluding hydrogens is 296 g/mol. The van der Waals surface area contributed by atoms with E-state index in [0.29, 0.717) is 0 Å². The van der Waals surface area contributed by atoms with Gasteiger partial charge < -0.3 is 9.47 Å². The Morgan fingerprint density at radius 1 is 0.625 bits per heavy atom. The van der Waals surface area contributed by atoms with Gasteiger partial charge >= 0.3 is 0 Å². The van der Waals surface area contributed by atoms with Gasteiger partial charge in [-0.05, 0) is 29.7 Å². The van der Waals surface area contributed by atoms with Gasteiger partial charge in [-0.2, -0.15) is 0 Å². The topological polar surface area (TPSA) is 18.5 Å². The molecule has 0 unspecified atom stereocenters. The molecule has 0 fully saturated rings. The van der Waals surface area contributed by atoms with Crippen molar-refractivity contribution in [3.63, 3.8) is 0 Å². The van der Waals surface area contributed by atoms with Crippen molar-refractivity contribution in [3.8, 4) is 11.5 Å². The molecule has 0 N–H and O–H groups in total.